The van der Waals surface area contributed by atoms with Crippen molar-refractivity contribution in [1.82, 2.24) is 10.6 Å². The van der Waals surface area contributed by atoms with Crippen molar-refractivity contribution in [2.75, 3.05) is 0 Å². The molecule has 0 aromatic rings. The van der Waals surface area contributed by atoms with Crippen molar-refractivity contribution < 1.29 is 9.59 Å². The molecule has 5 heteroatoms. The molecule has 2 atom stereocenters. The van der Waals surface area contributed by atoms with Gasteiger partial charge in [0.25, 0.3) is 0 Å². The fourth-order valence-electron chi connectivity index (χ4n) is 1.94. The van der Waals surface area contributed by atoms with Crippen molar-refractivity contribution in [2.45, 2.75) is 78.9 Å². The predicted molar refractivity (Wildman–Crippen MR) is 82.2 cm³/mol. The molecule has 4 N–H and O–H groups in total. The molecule has 0 aromatic carbocycles. The van der Waals surface area contributed by atoms with E-state index in [4.69, 9.17) is 5.73 Å². The van der Waals surface area contributed by atoms with E-state index in [1.165, 1.54) is 0 Å². The van der Waals surface area contributed by atoms with Gasteiger partial charge in [-0.05, 0) is 39.5 Å². The minimum atomic E-state index is -0.552. The maximum atomic E-state index is 11.9. The molecule has 0 aliphatic carbocycles. The largest absolute Gasteiger partial charge is 0.350 e. The summed E-state index contributed by atoms with van der Waals surface area (Å²) in [7, 11) is 0. The first-order valence-corrected chi connectivity index (χ1v) is 7.17. The first-order valence-electron chi connectivity index (χ1n) is 7.17. The SMILES string of the molecule is CC(NC(=O)CC(N)CC(C)(C)C)C(=O)NC(C)(C)C. The van der Waals surface area contributed by atoms with Gasteiger partial charge in [0.2, 0.25) is 11.8 Å². The Labute approximate surface area is 123 Å². The highest BCUT2D eigenvalue weighted by molar-refractivity contribution is 5.87. The molecule has 0 aliphatic rings. The Hall–Kier alpha value is -1.10. The molecule has 118 valence electrons. The normalized spacial score (nSPS) is 15.4. The molecule has 0 fully saturated rings. The average Bonchev–Trinajstić information content (AvgIpc) is 2.10. The monoisotopic (exact) mass is 285 g/mol. The van der Waals surface area contributed by atoms with E-state index < -0.39 is 6.04 Å². The molecule has 0 radical (unpaired) electrons. The summed E-state index contributed by atoms with van der Waals surface area (Å²) in [5.74, 6) is -0.367. The first kappa shape index (κ1) is 18.9. The zero-order chi connectivity index (χ0) is 16.1. The van der Waals surface area contributed by atoms with E-state index in [0.717, 1.165) is 6.42 Å². The number of rotatable bonds is 5. The molecule has 0 bridgehead atoms. The van der Waals surface area contributed by atoms with Gasteiger partial charge >= 0.3 is 0 Å². The van der Waals surface area contributed by atoms with Crippen LogP contribution >= 0.6 is 0 Å². The molecule has 0 aliphatic heterocycles. The van der Waals surface area contributed by atoms with Crippen LogP contribution in [0.1, 0.15) is 61.3 Å². The van der Waals surface area contributed by atoms with E-state index in [-0.39, 0.29) is 35.2 Å². The van der Waals surface area contributed by atoms with Gasteiger partial charge in [-0.25, -0.2) is 0 Å². The Kier molecular flexibility index (Phi) is 6.68. The zero-order valence-electron chi connectivity index (χ0n) is 14.0. The van der Waals surface area contributed by atoms with Crippen molar-refractivity contribution >= 4 is 11.8 Å². The van der Waals surface area contributed by atoms with Gasteiger partial charge < -0.3 is 16.4 Å². The molecule has 2 amide bonds. The lowest BCUT2D eigenvalue weighted by Crippen LogP contribution is -2.51. The lowest BCUT2D eigenvalue weighted by molar-refractivity contribution is -0.129. The van der Waals surface area contributed by atoms with Gasteiger partial charge in [0.05, 0.1) is 0 Å². The molecule has 20 heavy (non-hydrogen) atoms. The number of carbonyl (C=O) groups excluding carboxylic acids is 2. The summed E-state index contributed by atoms with van der Waals surface area (Å²) < 4.78 is 0. The Morgan fingerprint density at radius 2 is 1.60 bits per heavy atom. The van der Waals surface area contributed by atoms with Gasteiger partial charge in [-0.2, -0.15) is 0 Å². The summed E-state index contributed by atoms with van der Waals surface area (Å²) in [5, 5.41) is 5.52. The quantitative estimate of drug-likeness (QED) is 0.716. The average molecular weight is 285 g/mol. The van der Waals surface area contributed by atoms with Crippen LogP contribution in [0.3, 0.4) is 0 Å². The van der Waals surface area contributed by atoms with Crippen LogP contribution in [0.4, 0.5) is 0 Å². The third-order valence-corrected chi connectivity index (χ3v) is 2.59. The lowest BCUT2D eigenvalue weighted by atomic mass is 9.87. The predicted octanol–water partition coefficient (Wildman–Crippen LogP) is 1.56. The van der Waals surface area contributed by atoms with Gasteiger partial charge in [-0.3, -0.25) is 9.59 Å². The van der Waals surface area contributed by atoms with E-state index in [1.54, 1.807) is 6.92 Å². The third kappa shape index (κ3) is 9.78. The topological polar surface area (TPSA) is 84.2 Å². The molecular weight excluding hydrogens is 254 g/mol. The Morgan fingerprint density at radius 1 is 1.10 bits per heavy atom. The van der Waals surface area contributed by atoms with Crippen LogP contribution in [0.5, 0.6) is 0 Å². The molecule has 5 nitrogen and oxygen atoms in total. The van der Waals surface area contributed by atoms with Gasteiger partial charge in [0.1, 0.15) is 6.04 Å². The van der Waals surface area contributed by atoms with Crippen molar-refractivity contribution in [2.24, 2.45) is 11.1 Å². The number of nitrogens with two attached hydrogens (primary N) is 1. The molecule has 0 saturated heterocycles. The van der Waals surface area contributed by atoms with Crippen molar-refractivity contribution in [3.8, 4) is 0 Å². The number of hydrogen-bond donors (Lipinski definition) is 3. The fourth-order valence-corrected chi connectivity index (χ4v) is 1.94. The Bertz CT molecular complexity index is 340. The fraction of sp³-hybridized carbons (Fsp3) is 0.867. The number of amides is 2. The van der Waals surface area contributed by atoms with Gasteiger partial charge in [-0.15, -0.1) is 0 Å². The van der Waals surface area contributed by atoms with Gasteiger partial charge in [0, 0.05) is 18.0 Å². The van der Waals surface area contributed by atoms with Gasteiger partial charge in [0.15, 0.2) is 0 Å². The number of hydrogen-bond acceptors (Lipinski definition) is 3. The minimum Gasteiger partial charge on any atom is -0.350 e. The second-order valence-corrected chi connectivity index (χ2v) is 7.76. The minimum absolute atomic E-state index is 0.0922. The summed E-state index contributed by atoms with van der Waals surface area (Å²) in [4.78, 5) is 23.7. The highest BCUT2D eigenvalue weighted by Crippen LogP contribution is 2.20. The number of carbonyl (C=O) groups is 2. The molecule has 0 spiro atoms. The summed E-state index contributed by atoms with van der Waals surface area (Å²) in [6, 6.07) is -0.739. The standard InChI is InChI=1S/C15H31N3O2/c1-10(13(20)18-15(5,6)7)17-12(19)8-11(16)9-14(2,3)4/h10-11H,8-9,16H2,1-7H3,(H,17,19)(H,18,20). The highest BCUT2D eigenvalue weighted by Gasteiger charge is 2.22. The highest BCUT2D eigenvalue weighted by atomic mass is 16.2. The second-order valence-electron chi connectivity index (χ2n) is 7.76. The summed E-state index contributed by atoms with van der Waals surface area (Å²) in [5.41, 5.74) is 5.74. The molecular formula is C15H31N3O2. The lowest BCUT2D eigenvalue weighted by Gasteiger charge is -2.25. The number of nitrogens with one attached hydrogen (secondary N) is 2. The van der Waals surface area contributed by atoms with Crippen LogP contribution in [0.2, 0.25) is 0 Å². The molecule has 0 saturated carbocycles. The Morgan fingerprint density at radius 3 is 2.00 bits per heavy atom. The van der Waals surface area contributed by atoms with Crippen molar-refractivity contribution in [3.05, 3.63) is 0 Å². The van der Waals surface area contributed by atoms with Crippen molar-refractivity contribution in [1.29, 1.82) is 0 Å². The van der Waals surface area contributed by atoms with E-state index in [1.807, 2.05) is 20.8 Å². The Balaban J connectivity index is 4.23. The van der Waals surface area contributed by atoms with E-state index >= 15 is 0 Å². The van der Waals surface area contributed by atoms with Gasteiger partial charge in [-0.1, -0.05) is 20.8 Å². The second kappa shape index (κ2) is 7.07. The van der Waals surface area contributed by atoms with Crippen LogP contribution in [0.25, 0.3) is 0 Å². The van der Waals surface area contributed by atoms with Crippen LogP contribution in [0.15, 0.2) is 0 Å². The first-order chi connectivity index (χ1) is 8.80. The van der Waals surface area contributed by atoms with E-state index in [2.05, 4.69) is 31.4 Å². The molecule has 0 rings (SSSR count). The molecule has 0 heterocycles. The molecule has 0 aromatic heterocycles. The zero-order valence-corrected chi connectivity index (χ0v) is 14.0. The molecule has 2 unspecified atom stereocenters. The van der Waals surface area contributed by atoms with E-state index in [9.17, 15) is 9.59 Å². The third-order valence-electron chi connectivity index (χ3n) is 2.59. The maximum Gasteiger partial charge on any atom is 0.242 e. The van der Waals surface area contributed by atoms with E-state index in [0.29, 0.717) is 0 Å². The summed E-state index contributed by atoms with van der Waals surface area (Å²) in [6.45, 7) is 13.6. The summed E-state index contributed by atoms with van der Waals surface area (Å²) in [6.07, 6.45) is 1.01. The van der Waals surface area contributed by atoms with Crippen LogP contribution in [-0.4, -0.2) is 29.4 Å². The smallest absolute Gasteiger partial charge is 0.242 e. The van der Waals surface area contributed by atoms with Crippen molar-refractivity contribution in [3.63, 3.8) is 0 Å². The summed E-state index contributed by atoms with van der Waals surface area (Å²) >= 11 is 0. The maximum absolute atomic E-state index is 11.9. The van der Waals surface area contributed by atoms with Crippen LogP contribution in [-0.2, 0) is 9.59 Å². The van der Waals surface area contributed by atoms with Crippen LogP contribution in [0, 0.1) is 5.41 Å². The van der Waals surface area contributed by atoms with Crippen LogP contribution < -0.4 is 16.4 Å².